The molecule has 0 aliphatic carbocycles. The summed E-state index contributed by atoms with van der Waals surface area (Å²) < 4.78 is 5.15. The van der Waals surface area contributed by atoms with Gasteiger partial charge < -0.3 is 0 Å². The fourth-order valence-corrected chi connectivity index (χ4v) is 70.2. The van der Waals surface area contributed by atoms with Crippen molar-refractivity contribution in [2.45, 2.75) is 75.1 Å². The van der Waals surface area contributed by atoms with Gasteiger partial charge >= 0.3 is 202 Å². The molecule has 3 aromatic rings. The van der Waals surface area contributed by atoms with Crippen molar-refractivity contribution in [1.82, 2.24) is 0 Å². The second-order valence-corrected chi connectivity index (χ2v) is 44.5. The Morgan fingerprint density at radius 2 is 0.719 bits per heavy atom. The molecule has 0 amide bonds. The fourth-order valence-electron chi connectivity index (χ4n) is 5.97. The Morgan fingerprint density at radius 3 is 0.969 bits per heavy atom. The summed E-state index contributed by atoms with van der Waals surface area (Å²) >= 11 is -5.27. The first-order valence-corrected chi connectivity index (χ1v) is 27.0. The van der Waals surface area contributed by atoms with E-state index in [1.807, 2.05) is 0 Å². The predicted molar refractivity (Wildman–Crippen MR) is 149 cm³/mol. The van der Waals surface area contributed by atoms with Gasteiger partial charge in [0.2, 0.25) is 0 Å². The first-order valence-electron chi connectivity index (χ1n) is 12.9. The quantitative estimate of drug-likeness (QED) is 0.201. The summed E-state index contributed by atoms with van der Waals surface area (Å²) in [6.45, 7) is 7.19. The third kappa shape index (κ3) is 5.28. The molecule has 3 aromatic carbocycles. The van der Waals surface area contributed by atoms with Crippen molar-refractivity contribution in [3.8, 4) is 0 Å². The van der Waals surface area contributed by atoms with E-state index in [1.54, 1.807) is 13.2 Å². The van der Waals surface area contributed by atoms with Crippen LogP contribution in [-0.4, -0.2) is 22.6 Å². The molecule has 3 rings (SSSR count). The average molecular weight is 548 g/mol. The van der Waals surface area contributed by atoms with Crippen LogP contribution in [0.25, 0.3) is 0 Å². The van der Waals surface area contributed by atoms with E-state index in [9.17, 15) is 0 Å². The Labute approximate surface area is 201 Å². The molecule has 0 spiro atoms. The first-order chi connectivity index (χ1) is 15.7. The number of unbranched alkanes of at least 4 members (excludes halogenated alkanes) is 3. The van der Waals surface area contributed by atoms with Crippen molar-refractivity contribution in [3.63, 3.8) is 0 Å². The minimum atomic E-state index is -2.88. The second kappa shape index (κ2) is 12.8. The van der Waals surface area contributed by atoms with Gasteiger partial charge in [0.05, 0.1) is 0 Å². The molecule has 0 bridgehead atoms. The Kier molecular flexibility index (Phi) is 10.2. The molecule has 0 saturated heterocycles. The molecule has 0 radical (unpaired) electrons. The molecular weight excluding hydrogens is 506 g/mol. The van der Waals surface area contributed by atoms with Crippen LogP contribution in [0.15, 0.2) is 91.0 Å². The Balaban J connectivity index is 2.43. The maximum absolute atomic E-state index is 2.88. The van der Waals surface area contributed by atoms with Crippen molar-refractivity contribution >= 4 is 35.8 Å². The molecule has 32 heavy (non-hydrogen) atoms. The van der Waals surface area contributed by atoms with Crippen molar-refractivity contribution < 1.29 is 0 Å². The van der Waals surface area contributed by atoms with Gasteiger partial charge in [-0.15, -0.1) is 0 Å². The van der Waals surface area contributed by atoms with Gasteiger partial charge in [-0.25, -0.2) is 0 Å². The zero-order valence-corrected chi connectivity index (χ0v) is 24.7. The van der Waals surface area contributed by atoms with E-state index in [4.69, 9.17) is 0 Å². The Bertz CT molecular complexity index is 771. The molecule has 0 nitrogen and oxygen atoms in total. The molecule has 0 aliphatic heterocycles. The van der Waals surface area contributed by atoms with Crippen molar-refractivity contribution in [3.05, 3.63) is 91.0 Å². The van der Waals surface area contributed by atoms with Gasteiger partial charge in [-0.1, -0.05) is 0 Å². The minimum absolute atomic E-state index is 1.32. The SMILES string of the molecule is CCC[CH2][Ge]([CH2]CCC)([CH2]CCC)[Ge]([c]1ccccc1)([c]1ccccc1)[c]1ccccc1. The van der Waals surface area contributed by atoms with Gasteiger partial charge in [-0.3, -0.25) is 0 Å². The summed E-state index contributed by atoms with van der Waals surface area (Å²) in [7, 11) is 0. The van der Waals surface area contributed by atoms with Gasteiger partial charge in [0, 0.05) is 0 Å². The van der Waals surface area contributed by atoms with E-state index < -0.39 is 22.6 Å². The summed E-state index contributed by atoms with van der Waals surface area (Å²) in [5.41, 5.74) is 0. The number of hydrogen-bond donors (Lipinski definition) is 0. The summed E-state index contributed by atoms with van der Waals surface area (Å²) in [5.74, 6) is 0. The maximum atomic E-state index is 2.52. The first kappa shape index (κ1) is 25.4. The van der Waals surface area contributed by atoms with Crippen LogP contribution >= 0.6 is 0 Å². The topological polar surface area (TPSA) is 0 Å². The molecule has 2 heteroatoms. The van der Waals surface area contributed by atoms with Gasteiger partial charge in [0.25, 0.3) is 0 Å². The Morgan fingerprint density at radius 1 is 0.438 bits per heavy atom. The number of rotatable bonds is 13. The van der Waals surface area contributed by atoms with Gasteiger partial charge in [-0.05, 0) is 0 Å². The monoisotopic (exact) mass is 550 g/mol. The Hall–Kier alpha value is -1.25. The third-order valence-electron chi connectivity index (χ3n) is 7.44. The molecule has 0 unspecified atom stereocenters. The van der Waals surface area contributed by atoms with Gasteiger partial charge in [0.1, 0.15) is 0 Å². The van der Waals surface area contributed by atoms with E-state index in [1.165, 1.54) is 54.3 Å². The van der Waals surface area contributed by atoms with Gasteiger partial charge in [-0.2, -0.15) is 0 Å². The van der Waals surface area contributed by atoms with Crippen molar-refractivity contribution in [2.75, 3.05) is 0 Å². The number of benzene rings is 3. The zero-order chi connectivity index (χ0) is 22.7. The molecule has 0 fully saturated rings. The van der Waals surface area contributed by atoms with Crippen LogP contribution < -0.4 is 13.2 Å². The second-order valence-electron chi connectivity index (χ2n) is 9.44. The third-order valence-corrected chi connectivity index (χ3v) is 61.5. The van der Waals surface area contributed by atoms with E-state index >= 15 is 0 Å². The molecule has 170 valence electrons. The fraction of sp³-hybridized carbons (Fsp3) is 0.400. The molecule has 0 heterocycles. The van der Waals surface area contributed by atoms with E-state index in [0.717, 1.165) is 0 Å². The summed E-state index contributed by atoms with van der Waals surface area (Å²) in [6, 6.07) is 35.6. The van der Waals surface area contributed by atoms with Crippen LogP contribution in [0, 0.1) is 0 Å². The van der Waals surface area contributed by atoms with Crippen LogP contribution in [0.3, 0.4) is 0 Å². The van der Waals surface area contributed by atoms with Gasteiger partial charge in [0.15, 0.2) is 0 Å². The molecular formula is C30H42Ge2. The van der Waals surface area contributed by atoms with Crippen LogP contribution in [-0.2, 0) is 0 Å². The summed E-state index contributed by atoms with van der Waals surface area (Å²) in [4.78, 5) is 0. The molecule has 0 N–H and O–H groups in total. The predicted octanol–water partition coefficient (Wildman–Crippen LogP) is 7.08. The molecule has 0 aliphatic rings. The normalized spacial score (nSPS) is 12.1. The van der Waals surface area contributed by atoms with Crippen LogP contribution in [0.4, 0.5) is 0 Å². The number of hydrogen-bond acceptors (Lipinski definition) is 0. The van der Waals surface area contributed by atoms with Crippen molar-refractivity contribution in [2.24, 2.45) is 0 Å². The van der Waals surface area contributed by atoms with Crippen molar-refractivity contribution in [1.29, 1.82) is 0 Å². The molecule has 0 aromatic heterocycles. The van der Waals surface area contributed by atoms with Crippen LogP contribution in [0.2, 0.25) is 15.8 Å². The van der Waals surface area contributed by atoms with Crippen LogP contribution in [0.5, 0.6) is 0 Å². The zero-order valence-electron chi connectivity index (χ0n) is 20.5. The molecule has 0 saturated carbocycles. The van der Waals surface area contributed by atoms with E-state index in [-0.39, 0.29) is 0 Å². The standard InChI is InChI=1S/C30H42Ge2/c1-4-7-25-31(26-8-5-2,27-9-6-3)32(28-19-13-10-14-20-28,29-21-15-11-16-22-29)30-23-17-12-18-24-30/h10-24H,4-9,25-27H2,1-3H3. The van der Waals surface area contributed by atoms with E-state index in [0.29, 0.717) is 0 Å². The van der Waals surface area contributed by atoms with Crippen LogP contribution in [0.1, 0.15) is 59.3 Å². The summed E-state index contributed by atoms with van der Waals surface area (Å²) in [5, 5.41) is 4.61. The average Bonchev–Trinajstić information content (AvgIpc) is 2.87. The van der Waals surface area contributed by atoms with E-state index in [2.05, 4.69) is 112 Å². The molecule has 0 atom stereocenters. The summed E-state index contributed by atoms with van der Waals surface area (Å²) in [6.07, 6.45) is 8.19.